The van der Waals surface area contributed by atoms with Gasteiger partial charge in [0.2, 0.25) is 11.1 Å². The Morgan fingerprint density at radius 3 is 2.88 bits per heavy atom. The number of thioether (sulfide) groups is 1. The largest absolute Gasteiger partial charge is 0.289 e. The summed E-state index contributed by atoms with van der Waals surface area (Å²) in [7, 11) is 0. The molecule has 1 aromatic carbocycles. The molecule has 0 saturated carbocycles. The number of carbonyl (C=O) groups excluding carboxylic acids is 1. The van der Waals surface area contributed by atoms with E-state index in [-0.39, 0.29) is 11.7 Å². The van der Waals surface area contributed by atoms with Gasteiger partial charge in [0.15, 0.2) is 11.0 Å². The molecule has 1 amide bonds. The SMILES string of the molecule is CCN(C(C)=O)c1nc(CSc2n[nH]c(-c3ccccc3F)n2)cs1. The average Bonchev–Trinajstić information content (AvgIpc) is 3.23. The van der Waals surface area contributed by atoms with Crippen LogP contribution in [0, 0.1) is 5.82 Å². The number of aromatic amines is 1. The van der Waals surface area contributed by atoms with Crippen molar-refractivity contribution in [3.05, 3.63) is 41.2 Å². The van der Waals surface area contributed by atoms with Gasteiger partial charge in [-0.15, -0.1) is 16.4 Å². The Kier molecular flexibility index (Phi) is 5.44. The number of carbonyl (C=O) groups is 1. The number of aromatic nitrogens is 4. The number of rotatable bonds is 6. The average molecular weight is 377 g/mol. The van der Waals surface area contributed by atoms with E-state index in [1.54, 1.807) is 23.1 Å². The van der Waals surface area contributed by atoms with Gasteiger partial charge in [-0.05, 0) is 19.1 Å². The predicted molar refractivity (Wildman–Crippen MR) is 97.2 cm³/mol. The minimum atomic E-state index is -0.344. The summed E-state index contributed by atoms with van der Waals surface area (Å²) in [5.41, 5.74) is 1.24. The zero-order chi connectivity index (χ0) is 17.8. The monoisotopic (exact) mass is 377 g/mol. The van der Waals surface area contributed by atoms with Crippen molar-refractivity contribution in [1.82, 2.24) is 20.2 Å². The van der Waals surface area contributed by atoms with Crippen molar-refractivity contribution in [2.24, 2.45) is 0 Å². The van der Waals surface area contributed by atoms with Crippen molar-refractivity contribution in [3.63, 3.8) is 0 Å². The first-order valence-electron chi connectivity index (χ1n) is 7.61. The highest BCUT2D eigenvalue weighted by Crippen LogP contribution is 2.27. The topological polar surface area (TPSA) is 74.8 Å². The van der Waals surface area contributed by atoms with E-state index < -0.39 is 0 Å². The molecule has 0 aliphatic heterocycles. The Morgan fingerprint density at radius 2 is 2.16 bits per heavy atom. The van der Waals surface area contributed by atoms with Crippen molar-refractivity contribution in [3.8, 4) is 11.4 Å². The smallest absolute Gasteiger partial charge is 0.225 e. The second kappa shape index (κ2) is 7.75. The third-order valence-corrected chi connectivity index (χ3v) is 5.20. The van der Waals surface area contributed by atoms with Crippen LogP contribution in [0.25, 0.3) is 11.4 Å². The fraction of sp³-hybridized carbons (Fsp3) is 0.250. The minimum Gasteiger partial charge on any atom is -0.289 e. The van der Waals surface area contributed by atoms with Gasteiger partial charge in [0.25, 0.3) is 0 Å². The lowest BCUT2D eigenvalue weighted by molar-refractivity contribution is -0.116. The zero-order valence-corrected chi connectivity index (χ0v) is 15.3. The third-order valence-electron chi connectivity index (χ3n) is 3.41. The summed E-state index contributed by atoms with van der Waals surface area (Å²) in [6.07, 6.45) is 0. The van der Waals surface area contributed by atoms with Crippen LogP contribution in [0.4, 0.5) is 9.52 Å². The summed E-state index contributed by atoms with van der Waals surface area (Å²) in [4.78, 5) is 22.0. The molecule has 130 valence electrons. The van der Waals surface area contributed by atoms with Crippen LogP contribution in [0.3, 0.4) is 0 Å². The van der Waals surface area contributed by atoms with Gasteiger partial charge in [-0.25, -0.2) is 14.4 Å². The molecule has 2 aromatic heterocycles. The Balaban J connectivity index is 1.66. The van der Waals surface area contributed by atoms with E-state index in [2.05, 4.69) is 20.2 Å². The van der Waals surface area contributed by atoms with E-state index in [0.29, 0.717) is 34.0 Å². The summed E-state index contributed by atoms with van der Waals surface area (Å²) in [6, 6.07) is 6.42. The van der Waals surface area contributed by atoms with Gasteiger partial charge in [-0.1, -0.05) is 23.9 Å². The lowest BCUT2D eigenvalue weighted by atomic mass is 10.2. The Morgan fingerprint density at radius 1 is 1.36 bits per heavy atom. The first-order valence-corrected chi connectivity index (χ1v) is 9.47. The van der Waals surface area contributed by atoms with E-state index in [4.69, 9.17) is 0 Å². The maximum atomic E-state index is 13.8. The molecule has 6 nitrogen and oxygen atoms in total. The van der Waals surface area contributed by atoms with Crippen molar-refractivity contribution in [1.29, 1.82) is 0 Å². The summed E-state index contributed by atoms with van der Waals surface area (Å²) >= 11 is 2.83. The van der Waals surface area contributed by atoms with E-state index >= 15 is 0 Å². The van der Waals surface area contributed by atoms with Crippen molar-refractivity contribution in [2.75, 3.05) is 11.4 Å². The van der Waals surface area contributed by atoms with Crippen LogP contribution in [0.15, 0.2) is 34.8 Å². The summed E-state index contributed by atoms with van der Waals surface area (Å²) in [5.74, 6) is 0.594. The highest BCUT2D eigenvalue weighted by atomic mass is 32.2. The number of hydrogen-bond acceptors (Lipinski definition) is 6. The maximum absolute atomic E-state index is 13.8. The number of halogens is 1. The van der Waals surface area contributed by atoms with Gasteiger partial charge in [0.1, 0.15) is 5.82 Å². The number of nitrogens with one attached hydrogen (secondary N) is 1. The normalized spacial score (nSPS) is 10.8. The molecule has 0 fully saturated rings. The van der Waals surface area contributed by atoms with Crippen molar-refractivity contribution < 1.29 is 9.18 Å². The quantitative estimate of drug-likeness (QED) is 0.663. The first kappa shape index (κ1) is 17.6. The Labute approximate surface area is 152 Å². The number of amides is 1. The van der Waals surface area contributed by atoms with Crippen LogP contribution in [0.1, 0.15) is 19.5 Å². The molecule has 3 rings (SSSR count). The number of thiazole rings is 1. The lowest BCUT2D eigenvalue weighted by Gasteiger charge is -2.14. The Bertz CT molecular complexity index is 879. The predicted octanol–water partition coefficient (Wildman–Crippen LogP) is 3.73. The van der Waals surface area contributed by atoms with Gasteiger partial charge in [0, 0.05) is 24.6 Å². The summed E-state index contributed by atoms with van der Waals surface area (Å²) < 4.78 is 13.8. The lowest BCUT2D eigenvalue weighted by Crippen LogP contribution is -2.27. The molecule has 0 saturated heterocycles. The molecule has 0 aliphatic carbocycles. The number of hydrogen-bond donors (Lipinski definition) is 1. The molecule has 0 spiro atoms. The van der Waals surface area contributed by atoms with Crippen LogP contribution in [0.2, 0.25) is 0 Å². The Hall–Kier alpha value is -2.26. The molecule has 0 atom stereocenters. The molecule has 1 N–H and O–H groups in total. The molecule has 0 radical (unpaired) electrons. The van der Waals surface area contributed by atoms with Crippen LogP contribution in [-0.4, -0.2) is 32.6 Å². The molecule has 0 unspecified atom stereocenters. The molecule has 3 aromatic rings. The van der Waals surface area contributed by atoms with Crippen LogP contribution in [-0.2, 0) is 10.5 Å². The molecule has 0 aliphatic rings. The highest BCUT2D eigenvalue weighted by Gasteiger charge is 2.14. The number of nitrogens with zero attached hydrogens (tertiary/aromatic N) is 4. The second-order valence-electron chi connectivity index (χ2n) is 5.12. The fourth-order valence-electron chi connectivity index (χ4n) is 2.20. The molecule has 2 heterocycles. The van der Waals surface area contributed by atoms with Gasteiger partial charge >= 0.3 is 0 Å². The summed E-state index contributed by atoms with van der Waals surface area (Å²) in [6.45, 7) is 4.02. The number of anilines is 1. The second-order valence-corrected chi connectivity index (χ2v) is 6.90. The van der Waals surface area contributed by atoms with Gasteiger partial charge in [-0.2, -0.15) is 0 Å². The van der Waals surface area contributed by atoms with E-state index in [1.165, 1.54) is 36.1 Å². The van der Waals surface area contributed by atoms with Crippen LogP contribution in [0.5, 0.6) is 0 Å². The fourth-order valence-corrected chi connectivity index (χ4v) is 3.93. The van der Waals surface area contributed by atoms with E-state index in [1.807, 2.05) is 12.3 Å². The first-order chi connectivity index (χ1) is 12.1. The highest BCUT2D eigenvalue weighted by molar-refractivity contribution is 7.98. The molecular formula is C16H16FN5OS2. The molecule has 9 heteroatoms. The van der Waals surface area contributed by atoms with Gasteiger partial charge in [0.05, 0.1) is 11.3 Å². The third kappa shape index (κ3) is 4.05. The zero-order valence-electron chi connectivity index (χ0n) is 13.7. The summed E-state index contributed by atoms with van der Waals surface area (Å²) in [5, 5.41) is 9.98. The molecule has 25 heavy (non-hydrogen) atoms. The van der Waals surface area contributed by atoms with Crippen LogP contribution >= 0.6 is 23.1 Å². The van der Waals surface area contributed by atoms with E-state index in [0.717, 1.165) is 5.69 Å². The van der Waals surface area contributed by atoms with E-state index in [9.17, 15) is 9.18 Å². The molecular weight excluding hydrogens is 361 g/mol. The van der Waals surface area contributed by atoms with Gasteiger partial charge in [-0.3, -0.25) is 14.8 Å². The number of H-pyrrole nitrogens is 1. The maximum Gasteiger partial charge on any atom is 0.225 e. The van der Waals surface area contributed by atoms with Crippen LogP contribution < -0.4 is 4.90 Å². The van der Waals surface area contributed by atoms with Crippen molar-refractivity contribution >= 4 is 34.1 Å². The minimum absolute atomic E-state index is 0.0282. The van der Waals surface area contributed by atoms with Gasteiger partial charge < -0.3 is 0 Å². The van der Waals surface area contributed by atoms with Crippen molar-refractivity contribution in [2.45, 2.75) is 24.8 Å². The standard InChI is InChI=1S/C16H16FN5OS2/c1-3-22(10(2)23)16-18-11(9-25-16)8-24-15-19-14(20-21-15)12-6-4-5-7-13(12)17/h4-7,9H,3,8H2,1-2H3,(H,19,20,21). The number of benzene rings is 1. The molecule has 0 bridgehead atoms.